The summed E-state index contributed by atoms with van der Waals surface area (Å²) in [6.45, 7) is 4.88. The Hall–Kier alpha value is -1.82. The maximum atomic E-state index is 11.8. The van der Waals surface area contributed by atoms with Crippen molar-refractivity contribution in [1.29, 1.82) is 0 Å². The zero-order valence-electron chi connectivity index (χ0n) is 9.50. The summed E-state index contributed by atoms with van der Waals surface area (Å²) in [4.78, 5) is 16.1. The molecule has 2 rings (SSSR count). The van der Waals surface area contributed by atoms with Crippen LogP contribution >= 0.6 is 0 Å². The molecule has 0 spiro atoms. The van der Waals surface area contributed by atoms with Crippen LogP contribution in [0.3, 0.4) is 0 Å². The number of hydrogen-bond acceptors (Lipinski definition) is 2. The van der Waals surface area contributed by atoms with E-state index in [2.05, 4.69) is 30.1 Å². The topological polar surface area (TPSA) is 42.0 Å². The van der Waals surface area contributed by atoms with E-state index in [4.69, 9.17) is 6.42 Å². The highest BCUT2D eigenvalue weighted by atomic mass is 16.1. The minimum Gasteiger partial charge on any atom is -0.351 e. The molecule has 3 heteroatoms. The average Bonchev–Trinajstić information content (AvgIpc) is 2.36. The Morgan fingerprint density at radius 2 is 2.31 bits per heavy atom. The molecule has 0 aromatic carbocycles. The van der Waals surface area contributed by atoms with Crippen molar-refractivity contribution < 1.29 is 4.79 Å². The van der Waals surface area contributed by atoms with Gasteiger partial charge in [0.25, 0.3) is 5.91 Å². The van der Waals surface area contributed by atoms with Crippen LogP contribution in [0, 0.1) is 17.8 Å². The van der Waals surface area contributed by atoms with Crippen molar-refractivity contribution in [2.45, 2.75) is 20.3 Å². The van der Waals surface area contributed by atoms with E-state index in [0.29, 0.717) is 17.7 Å². The summed E-state index contributed by atoms with van der Waals surface area (Å²) in [5.74, 6) is 2.42. The van der Waals surface area contributed by atoms with Gasteiger partial charge in [-0.3, -0.25) is 9.78 Å². The first-order valence-electron chi connectivity index (χ1n) is 5.25. The van der Waals surface area contributed by atoms with E-state index >= 15 is 0 Å². The van der Waals surface area contributed by atoms with Gasteiger partial charge in [-0.2, -0.15) is 0 Å². The molecule has 0 aliphatic carbocycles. The lowest BCUT2D eigenvalue weighted by atomic mass is 9.87. The summed E-state index contributed by atoms with van der Waals surface area (Å²) in [6.07, 6.45) is 7.73. The molecule has 2 heterocycles. The monoisotopic (exact) mass is 214 g/mol. The molecule has 0 radical (unpaired) electrons. The number of fused-ring (bicyclic) bond motifs is 1. The van der Waals surface area contributed by atoms with E-state index in [1.54, 1.807) is 12.3 Å². The van der Waals surface area contributed by atoms with E-state index in [-0.39, 0.29) is 11.3 Å². The Morgan fingerprint density at radius 3 is 3.00 bits per heavy atom. The molecule has 1 aromatic rings. The van der Waals surface area contributed by atoms with Gasteiger partial charge < -0.3 is 5.32 Å². The van der Waals surface area contributed by atoms with E-state index in [0.717, 1.165) is 12.1 Å². The fourth-order valence-electron chi connectivity index (χ4n) is 1.84. The molecule has 0 saturated heterocycles. The van der Waals surface area contributed by atoms with Crippen LogP contribution in [0.15, 0.2) is 12.3 Å². The number of amides is 1. The highest BCUT2D eigenvalue weighted by Gasteiger charge is 2.27. The quantitative estimate of drug-likeness (QED) is 0.663. The van der Waals surface area contributed by atoms with Crippen molar-refractivity contribution in [3.63, 3.8) is 0 Å². The number of carbonyl (C=O) groups excluding carboxylic acids is 1. The normalized spacial score (nSPS) is 17.9. The minimum atomic E-state index is -0.0785. The van der Waals surface area contributed by atoms with Crippen molar-refractivity contribution in [2.75, 3.05) is 6.54 Å². The number of pyridine rings is 1. The third-order valence-electron chi connectivity index (χ3n) is 2.76. The van der Waals surface area contributed by atoms with Crippen LogP contribution in [-0.4, -0.2) is 17.4 Å². The molecule has 1 aromatic heterocycles. The summed E-state index contributed by atoms with van der Waals surface area (Å²) < 4.78 is 0. The number of aromatic nitrogens is 1. The van der Waals surface area contributed by atoms with Crippen LogP contribution in [0.25, 0.3) is 0 Å². The SMILES string of the molecule is C#Cc1cnc2c(c1)C(=O)NCC(C)(C)C2. The molecule has 1 N–H and O–H groups in total. The Kier molecular flexibility index (Phi) is 2.43. The molecule has 3 nitrogen and oxygen atoms in total. The molecule has 0 fully saturated rings. The Labute approximate surface area is 95.3 Å². The van der Waals surface area contributed by atoms with Gasteiger partial charge in [0.1, 0.15) is 0 Å². The Morgan fingerprint density at radius 1 is 1.56 bits per heavy atom. The van der Waals surface area contributed by atoms with Gasteiger partial charge in [-0.1, -0.05) is 19.8 Å². The van der Waals surface area contributed by atoms with E-state index in [1.165, 1.54) is 0 Å². The van der Waals surface area contributed by atoms with Crippen LogP contribution in [0.5, 0.6) is 0 Å². The van der Waals surface area contributed by atoms with Gasteiger partial charge in [0.2, 0.25) is 0 Å². The lowest BCUT2D eigenvalue weighted by molar-refractivity contribution is 0.0944. The smallest absolute Gasteiger partial charge is 0.253 e. The Balaban J connectivity index is 2.51. The van der Waals surface area contributed by atoms with Gasteiger partial charge in [-0.25, -0.2) is 0 Å². The Bertz CT molecular complexity index is 483. The van der Waals surface area contributed by atoms with Crippen LogP contribution in [0.1, 0.15) is 35.5 Å². The second-order valence-corrected chi connectivity index (χ2v) is 4.89. The summed E-state index contributed by atoms with van der Waals surface area (Å²) in [5.41, 5.74) is 2.12. The molecular weight excluding hydrogens is 200 g/mol. The number of hydrogen-bond donors (Lipinski definition) is 1. The molecule has 0 atom stereocenters. The minimum absolute atomic E-state index is 0.0333. The fourth-order valence-corrected chi connectivity index (χ4v) is 1.84. The largest absolute Gasteiger partial charge is 0.351 e. The molecule has 1 amide bonds. The van der Waals surface area contributed by atoms with Crippen LogP contribution in [-0.2, 0) is 6.42 Å². The van der Waals surface area contributed by atoms with Crippen LogP contribution in [0.4, 0.5) is 0 Å². The van der Waals surface area contributed by atoms with Crippen molar-refractivity contribution in [3.8, 4) is 12.3 Å². The van der Waals surface area contributed by atoms with Crippen molar-refractivity contribution >= 4 is 5.91 Å². The van der Waals surface area contributed by atoms with Gasteiger partial charge in [-0.15, -0.1) is 6.42 Å². The van der Waals surface area contributed by atoms with Gasteiger partial charge in [0.05, 0.1) is 11.3 Å². The molecule has 0 saturated carbocycles. The average molecular weight is 214 g/mol. The molecular formula is C13H14N2O. The zero-order valence-corrected chi connectivity index (χ0v) is 9.50. The molecule has 0 bridgehead atoms. The number of nitrogens with zero attached hydrogens (tertiary/aromatic N) is 1. The molecule has 1 aliphatic rings. The molecule has 16 heavy (non-hydrogen) atoms. The number of rotatable bonds is 0. The fraction of sp³-hybridized carbons (Fsp3) is 0.385. The van der Waals surface area contributed by atoms with Crippen molar-refractivity contribution in [2.24, 2.45) is 5.41 Å². The van der Waals surface area contributed by atoms with E-state index in [1.807, 2.05) is 0 Å². The number of terminal acetylenes is 1. The molecule has 82 valence electrons. The molecule has 0 unspecified atom stereocenters. The second-order valence-electron chi connectivity index (χ2n) is 4.89. The summed E-state index contributed by atoms with van der Waals surface area (Å²) >= 11 is 0. The van der Waals surface area contributed by atoms with Crippen molar-refractivity contribution in [1.82, 2.24) is 10.3 Å². The second kappa shape index (κ2) is 3.64. The predicted molar refractivity (Wildman–Crippen MR) is 62.0 cm³/mol. The first-order chi connectivity index (χ1) is 7.52. The highest BCUT2D eigenvalue weighted by Crippen LogP contribution is 2.25. The van der Waals surface area contributed by atoms with E-state index in [9.17, 15) is 4.79 Å². The summed E-state index contributed by atoms with van der Waals surface area (Å²) in [6, 6.07) is 1.74. The lowest BCUT2D eigenvalue weighted by Crippen LogP contribution is -2.31. The maximum absolute atomic E-state index is 11.8. The summed E-state index contributed by atoms with van der Waals surface area (Å²) in [5, 5.41) is 2.89. The molecule has 1 aliphatic heterocycles. The summed E-state index contributed by atoms with van der Waals surface area (Å²) in [7, 11) is 0. The first kappa shape index (κ1) is 10.7. The van der Waals surface area contributed by atoms with Crippen molar-refractivity contribution in [3.05, 3.63) is 29.1 Å². The van der Waals surface area contributed by atoms with Gasteiger partial charge >= 0.3 is 0 Å². The predicted octanol–water partition coefficient (Wildman–Crippen LogP) is 1.38. The highest BCUT2D eigenvalue weighted by molar-refractivity contribution is 5.96. The third-order valence-corrected chi connectivity index (χ3v) is 2.76. The first-order valence-corrected chi connectivity index (χ1v) is 5.25. The van der Waals surface area contributed by atoms with Crippen LogP contribution < -0.4 is 5.32 Å². The number of carbonyl (C=O) groups is 1. The van der Waals surface area contributed by atoms with Gasteiger partial charge in [0.15, 0.2) is 0 Å². The third kappa shape index (κ3) is 1.92. The van der Waals surface area contributed by atoms with Gasteiger partial charge in [0, 0.05) is 18.3 Å². The lowest BCUT2D eigenvalue weighted by Gasteiger charge is -2.21. The van der Waals surface area contributed by atoms with Crippen LogP contribution in [0.2, 0.25) is 0 Å². The number of nitrogens with one attached hydrogen (secondary N) is 1. The van der Waals surface area contributed by atoms with E-state index < -0.39 is 0 Å². The standard InChI is InChI=1S/C13H14N2O/c1-4-9-5-10-11(14-7-9)6-13(2,3)8-15-12(10)16/h1,5,7H,6,8H2,2-3H3,(H,15,16). The zero-order chi connectivity index (χ0) is 11.8. The maximum Gasteiger partial charge on any atom is 0.253 e. The van der Waals surface area contributed by atoms with Gasteiger partial charge in [-0.05, 0) is 17.9 Å².